The fraction of sp³-hybridized carbons (Fsp3) is 0.238. The van der Waals surface area contributed by atoms with Crippen LogP contribution in [-0.4, -0.2) is 48.9 Å². The summed E-state index contributed by atoms with van der Waals surface area (Å²) in [7, 11) is -4.12. The number of aryl methyl sites for hydroxylation is 1. The largest absolute Gasteiger partial charge is 0.354 e. The van der Waals surface area contributed by atoms with Crippen molar-refractivity contribution in [2.75, 3.05) is 31.1 Å². The molecule has 0 radical (unpaired) electrons. The van der Waals surface area contributed by atoms with Crippen LogP contribution in [0.15, 0.2) is 59.8 Å². The standard InChI is InChI=1S/C21H20F2N4O2S/c1-15-4-2-3-5-17(15)19-13-21(25-14-24-19)26-8-10-27(11-9-26)30(28,29)20-12-16(22)6-7-18(20)23/h2-7,12-14H,8-11H2,1H3. The van der Waals surface area contributed by atoms with Crippen molar-refractivity contribution in [3.8, 4) is 11.3 Å². The summed E-state index contributed by atoms with van der Waals surface area (Å²) in [6.07, 6.45) is 1.49. The first-order valence-corrected chi connectivity index (χ1v) is 10.9. The van der Waals surface area contributed by atoms with E-state index in [0.717, 1.165) is 35.0 Å². The maximum absolute atomic E-state index is 14.0. The number of sulfonamides is 1. The summed E-state index contributed by atoms with van der Waals surface area (Å²) >= 11 is 0. The van der Waals surface area contributed by atoms with Gasteiger partial charge in [0.1, 0.15) is 28.7 Å². The van der Waals surface area contributed by atoms with E-state index in [9.17, 15) is 17.2 Å². The van der Waals surface area contributed by atoms with Gasteiger partial charge in [-0.25, -0.2) is 27.2 Å². The number of piperazine rings is 1. The molecule has 0 bridgehead atoms. The van der Waals surface area contributed by atoms with Gasteiger partial charge >= 0.3 is 0 Å². The molecule has 0 atom stereocenters. The van der Waals surface area contributed by atoms with Crippen molar-refractivity contribution in [2.24, 2.45) is 0 Å². The molecule has 1 aliphatic heterocycles. The number of hydrogen-bond donors (Lipinski definition) is 0. The first-order chi connectivity index (χ1) is 14.4. The van der Waals surface area contributed by atoms with Gasteiger partial charge in [-0.05, 0) is 30.7 Å². The molecule has 0 amide bonds. The highest BCUT2D eigenvalue weighted by molar-refractivity contribution is 7.89. The van der Waals surface area contributed by atoms with E-state index in [1.807, 2.05) is 42.2 Å². The molecule has 156 valence electrons. The summed E-state index contributed by atoms with van der Waals surface area (Å²) in [5.41, 5.74) is 2.88. The zero-order valence-electron chi connectivity index (χ0n) is 16.3. The minimum absolute atomic E-state index is 0.141. The lowest BCUT2D eigenvalue weighted by Gasteiger charge is -2.34. The minimum Gasteiger partial charge on any atom is -0.354 e. The molecule has 1 saturated heterocycles. The van der Waals surface area contributed by atoms with Crippen LogP contribution in [0, 0.1) is 18.6 Å². The van der Waals surface area contributed by atoms with Crippen LogP contribution in [0.4, 0.5) is 14.6 Å². The van der Waals surface area contributed by atoms with E-state index < -0.39 is 26.6 Å². The predicted molar refractivity (Wildman–Crippen MR) is 110 cm³/mol. The quantitative estimate of drug-likeness (QED) is 0.636. The third-order valence-electron chi connectivity index (χ3n) is 5.15. The molecule has 9 heteroatoms. The van der Waals surface area contributed by atoms with Gasteiger partial charge in [0.05, 0.1) is 5.69 Å². The SMILES string of the molecule is Cc1ccccc1-c1cc(N2CCN(S(=O)(=O)c3cc(F)ccc3F)CC2)ncn1. The molecule has 30 heavy (non-hydrogen) atoms. The van der Waals surface area contributed by atoms with Gasteiger partial charge in [-0.1, -0.05) is 24.3 Å². The maximum atomic E-state index is 14.0. The second kappa shape index (κ2) is 8.08. The molecule has 2 heterocycles. The molecule has 3 aromatic rings. The lowest BCUT2D eigenvalue weighted by Crippen LogP contribution is -2.49. The molecule has 0 spiro atoms. The molecule has 0 unspecified atom stereocenters. The molecular formula is C21H20F2N4O2S. The van der Waals surface area contributed by atoms with Gasteiger partial charge in [0.15, 0.2) is 0 Å². The first-order valence-electron chi connectivity index (χ1n) is 9.44. The molecule has 6 nitrogen and oxygen atoms in total. The number of aromatic nitrogens is 2. The van der Waals surface area contributed by atoms with Crippen LogP contribution in [0.2, 0.25) is 0 Å². The third-order valence-corrected chi connectivity index (χ3v) is 7.06. The number of anilines is 1. The number of benzene rings is 2. The van der Waals surface area contributed by atoms with E-state index in [1.54, 1.807) is 0 Å². The van der Waals surface area contributed by atoms with Gasteiger partial charge in [0.25, 0.3) is 0 Å². The van der Waals surface area contributed by atoms with E-state index >= 15 is 0 Å². The highest BCUT2D eigenvalue weighted by atomic mass is 32.2. The molecule has 0 saturated carbocycles. The topological polar surface area (TPSA) is 66.4 Å². The highest BCUT2D eigenvalue weighted by Gasteiger charge is 2.31. The Bertz CT molecular complexity index is 1180. The van der Waals surface area contributed by atoms with Gasteiger partial charge < -0.3 is 4.90 Å². The molecule has 1 aromatic heterocycles. The van der Waals surface area contributed by atoms with Crippen LogP contribution in [0.5, 0.6) is 0 Å². The summed E-state index contributed by atoms with van der Waals surface area (Å²) in [5.74, 6) is -1.06. The van der Waals surface area contributed by atoms with E-state index in [-0.39, 0.29) is 13.1 Å². The average molecular weight is 430 g/mol. The Labute approximate surface area is 173 Å². The Morgan fingerprint density at radius 2 is 1.67 bits per heavy atom. The van der Waals surface area contributed by atoms with E-state index in [2.05, 4.69) is 9.97 Å². The Morgan fingerprint density at radius 1 is 0.933 bits per heavy atom. The van der Waals surface area contributed by atoms with Gasteiger partial charge in [-0.2, -0.15) is 4.31 Å². The second-order valence-electron chi connectivity index (χ2n) is 7.04. The van der Waals surface area contributed by atoms with Crippen molar-refractivity contribution >= 4 is 15.8 Å². The molecular weight excluding hydrogens is 410 g/mol. The molecule has 4 rings (SSSR count). The minimum atomic E-state index is -4.12. The lowest BCUT2D eigenvalue weighted by atomic mass is 10.1. The van der Waals surface area contributed by atoms with Crippen LogP contribution in [-0.2, 0) is 10.0 Å². The van der Waals surface area contributed by atoms with Crippen molar-refractivity contribution in [3.05, 3.63) is 72.1 Å². The first kappa shape index (κ1) is 20.4. The molecule has 2 aromatic carbocycles. The Balaban J connectivity index is 1.52. The van der Waals surface area contributed by atoms with Crippen molar-refractivity contribution in [1.29, 1.82) is 0 Å². The smallest absolute Gasteiger partial charge is 0.246 e. The van der Waals surface area contributed by atoms with Crippen LogP contribution in [0.3, 0.4) is 0 Å². The normalized spacial score (nSPS) is 15.4. The van der Waals surface area contributed by atoms with Crippen molar-refractivity contribution in [2.45, 2.75) is 11.8 Å². The summed E-state index contributed by atoms with van der Waals surface area (Å²) in [6.45, 7) is 3.04. The fourth-order valence-electron chi connectivity index (χ4n) is 3.50. The molecule has 0 aliphatic carbocycles. The van der Waals surface area contributed by atoms with Crippen LogP contribution >= 0.6 is 0 Å². The molecule has 0 N–H and O–H groups in total. The number of nitrogens with zero attached hydrogens (tertiary/aromatic N) is 4. The Hall–Kier alpha value is -2.91. The summed E-state index contributed by atoms with van der Waals surface area (Å²) in [6, 6.07) is 12.2. The zero-order valence-corrected chi connectivity index (χ0v) is 17.1. The predicted octanol–water partition coefficient (Wildman–Crippen LogP) is 3.24. The summed E-state index contributed by atoms with van der Waals surface area (Å²) in [4.78, 5) is 10.00. The van der Waals surface area contributed by atoms with Crippen LogP contribution < -0.4 is 4.90 Å². The number of hydrogen-bond acceptors (Lipinski definition) is 5. The summed E-state index contributed by atoms with van der Waals surface area (Å²) < 4.78 is 54.1. The lowest BCUT2D eigenvalue weighted by molar-refractivity contribution is 0.381. The fourth-order valence-corrected chi connectivity index (χ4v) is 5.00. The van der Waals surface area contributed by atoms with E-state index in [4.69, 9.17) is 0 Å². The average Bonchev–Trinajstić information content (AvgIpc) is 2.76. The Kier molecular flexibility index (Phi) is 5.48. The highest BCUT2D eigenvalue weighted by Crippen LogP contribution is 2.26. The second-order valence-corrected chi connectivity index (χ2v) is 8.95. The maximum Gasteiger partial charge on any atom is 0.246 e. The van der Waals surface area contributed by atoms with Gasteiger partial charge in [-0.15, -0.1) is 0 Å². The van der Waals surface area contributed by atoms with E-state index in [1.165, 1.54) is 10.6 Å². The molecule has 1 fully saturated rings. The van der Waals surface area contributed by atoms with E-state index in [0.29, 0.717) is 18.9 Å². The Morgan fingerprint density at radius 3 is 2.40 bits per heavy atom. The van der Waals surface area contributed by atoms with Crippen molar-refractivity contribution in [1.82, 2.24) is 14.3 Å². The monoisotopic (exact) mass is 430 g/mol. The molecule has 1 aliphatic rings. The van der Waals surface area contributed by atoms with Crippen LogP contribution in [0.1, 0.15) is 5.56 Å². The van der Waals surface area contributed by atoms with Crippen molar-refractivity contribution < 1.29 is 17.2 Å². The van der Waals surface area contributed by atoms with Gasteiger partial charge in [0.2, 0.25) is 10.0 Å². The van der Waals surface area contributed by atoms with Crippen LogP contribution in [0.25, 0.3) is 11.3 Å². The third kappa shape index (κ3) is 3.90. The van der Waals surface area contributed by atoms with Gasteiger partial charge in [0, 0.05) is 37.8 Å². The zero-order chi connectivity index (χ0) is 21.3. The van der Waals surface area contributed by atoms with Crippen molar-refractivity contribution in [3.63, 3.8) is 0 Å². The van der Waals surface area contributed by atoms with Gasteiger partial charge in [-0.3, -0.25) is 0 Å². The number of rotatable bonds is 4. The number of halogens is 2. The summed E-state index contributed by atoms with van der Waals surface area (Å²) in [5, 5.41) is 0.